The van der Waals surface area contributed by atoms with Gasteiger partial charge < -0.3 is 9.80 Å². The van der Waals surface area contributed by atoms with Crippen molar-refractivity contribution in [2.45, 2.75) is 87.9 Å². The van der Waals surface area contributed by atoms with Crippen LogP contribution in [0.3, 0.4) is 0 Å². The molecule has 0 amide bonds. The summed E-state index contributed by atoms with van der Waals surface area (Å²) in [5.41, 5.74) is 14.6. The van der Waals surface area contributed by atoms with Crippen LogP contribution in [0.15, 0.2) is 115 Å². The van der Waals surface area contributed by atoms with E-state index in [0.717, 1.165) is 63.3 Å². The average Bonchev–Trinajstić information content (AvgIpc) is 3.82. The largest absolute Gasteiger partial charge is 0.309 e. The highest BCUT2D eigenvalue weighted by atomic mass is 35.5. The van der Waals surface area contributed by atoms with E-state index >= 15 is 0 Å². The molecule has 53 heavy (non-hydrogen) atoms. The van der Waals surface area contributed by atoms with Crippen molar-refractivity contribution in [1.29, 1.82) is 0 Å². The Bertz CT molecular complexity index is 2160. The monoisotopic (exact) mass is 710 g/mol. The van der Waals surface area contributed by atoms with Crippen molar-refractivity contribution >= 4 is 45.7 Å². The number of rotatable bonds is 6. The van der Waals surface area contributed by atoms with Gasteiger partial charge in [0.05, 0.1) is 16.4 Å². The molecule has 10 atom stereocenters. The van der Waals surface area contributed by atoms with Crippen LogP contribution >= 0.6 is 11.6 Å². The maximum Gasteiger partial charge on any atom is 0.0887 e. The zero-order valence-electron chi connectivity index (χ0n) is 30.4. The molecule has 3 heteroatoms. The molecule has 0 N–H and O–H groups in total. The normalized spacial score (nSPS) is 35.4. The van der Waals surface area contributed by atoms with Gasteiger partial charge in [-0.25, -0.2) is 0 Å². The first-order valence-electron chi connectivity index (χ1n) is 20.8. The Morgan fingerprint density at radius 2 is 0.792 bits per heavy atom. The van der Waals surface area contributed by atoms with E-state index < -0.39 is 0 Å². The van der Waals surface area contributed by atoms with Crippen molar-refractivity contribution in [3.63, 3.8) is 0 Å². The maximum absolute atomic E-state index is 7.83. The van der Waals surface area contributed by atoms with Crippen LogP contribution in [0, 0.1) is 34.5 Å². The molecule has 5 aromatic rings. The van der Waals surface area contributed by atoms with E-state index in [-0.39, 0.29) is 0 Å². The molecule has 6 fully saturated rings. The van der Waals surface area contributed by atoms with Gasteiger partial charge in [-0.1, -0.05) is 66.2 Å². The van der Waals surface area contributed by atoms with Crippen molar-refractivity contribution in [1.82, 2.24) is 0 Å². The topological polar surface area (TPSA) is 6.48 Å². The van der Waals surface area contributed by atoms with Crippen molar-refractivity contribution in [2.75, 3.05) is 9.80 Å². The molecule has 0 saturated heterocycles. The molecule has 5 aromatic carbocycles. The Morgan fingerprint density at radius 3 is 1.21 bits per heavy atom. The third-order valence-electron chi connectivity index (χ3n) is 17.1. The fraction of sp³-hybridized carbons (Fsp3) is 0.400. The summed E-state index contributed by atoms with van der Waals surface area (Å²) in [6.45, 7) is 0. The van der Waals surface area contributed by atoms with Gasteiger partial charge in [-0.2, -0.15) is 0 Å². The number of nitrogens with zero attached hydrogens (tertiary/aromatic N) is 2. The SMILES string of the molecule is Clc1c(N(c2ccccc2)c2ccc3c(c2)C2CC4CC5CC3CC54C2)cccc1N(c1ccccc1)c1ccc2c(c1)C1CC3CC4CC2CC43C1. The smallest absolute Gasteiger partial charge is 0.0887 e. The van der Waals surface area contributed by atoms with Crippen LogP contribution in [0.5, 0.6) is 0 Å². The number of fused-ring (bicyclic) bond motifs is 10. The van der Waals surface area contributed by atoms with Crippen molar-refractivity contribution in [3.05, 3.63) is 143 Å². The van der Waals surface area contributed by atoms with Gasteiger partial charge in [0.1, 0.15) is 0 Å². The molecule has 0 radical (unpaired) electrons. The van der Waals surface area contributed by atoms with Crippen molar-refractivity contribution in [2.24, 2.45) is 34.5 Å². The van der Waals surface area contributed by atoms with Gasteiger partial charge in [0.25, 0.3) is 0 Å². The summed E-state index contributed by atoms with van der Waals surface area (Å²) < 4.78 is 0. The number of anilines is 6. The molecule has 8 aliphatic rings. The van der Waals surface area contributed by atoms with Gasteiger partial charge >= 0.3 is 0 Å². The highest BCUT2D eigenvalue weighted by Crippen LogP contribution is 2.77. The summed E-state index contributed by atoms with van der Waals surface area (Å²) in [6.07, 6.45) is 14.2. The summed E-state index contributed by atoms with van der Waals surface area (Å²) in [7, 11) is 0. The van der Waals surface area contributed by atoms with Crippen LogP contribution in [0.2, 0.25) is 5.02 Å². The van der Waals surface area contributed by atoms with Gasteiger partial charge in [0.2, 0.25) is 0 Å². The molecular weight excluding hydrogens is 664 g/mol. The van der Waals surface area contributed by atoms with Gasteiger partial charge in [0.15, 0.2) is 0 Å². The lowest BCUT2D eigenvalue weighted by Crippen LogP contribution is -2.41. The zero-order valence-corrected chi connectivity index (χ0v) is 31.2. The standard InChI is InChI=1S/C50H47ClN2/c51-48-46(52(38-8-3-1-4-9-38)40-14-16-42-30-18-34-22-36-20-32(44(42)24-40)28-49(34,36)26-30)12-7-13-47(48)53(39-10-5-2-6-11-39)41-15-17-43-31-19-35-23-37-21-33(45(43)25-41)29-50(35,37)27-31/h1-17,24-25,30-37H,18-23,26-29H2. The third kappa shape index (κ3) is 3.97. The second kappa shape index (κ2) is 10.6. The third-order valence-corrected chi connectivity index (χ3v) is 17.4. The lowest BCUT2D eigenvalue weighted by atomic mass is 9.56. The lowest BCUT2D eigenvalue weighted by Gasteiger charge is -2.48. The fourth-order valence-electron chi connectivity index (χ4n) is 15.0. The van der Waals surface area contributed by atoms with E-state index in [1.165, 1.54) is 75.6 Å². The van der Waals surface area contributed by atoms with E-state index in [1.807, 2.05) is 0 Å². The first-order chi connectivity index (χ1) is 26.1. The minimum atomic E-state index is 0.654. The van der Waals surface area contributed by atoms with E-state index in [0.29, 0.717) is 22.7 Å². The lowest BCUT2D eigenvalue weighted by molar-refractivity contribution is 0.00321. The van der Waals surface area contributed by atoms with Crippen molar-refractivity contribution in [3.8, 4) is 0 Å². The Labute approximate surface area is 319 Å². The second-order valence-corrected chi connectivity index (χ2v) is 19.2. The number of hydrogen-bond donors (Lipinski definition) is 0. The predicted octanol–water partition coefficient (Wildman–Crippen LogP) is 14.1. The molecular formula is C50H47ClN2. The molecule has 6 bridgehead atoms. The van der Waals surface area contributed by atoms with Crippen LogP contribution in [0.1, 0.15) is 110 Å². The highest BCUT2D eigenvalue weighted by Gasteiger charge is 2.66. The first-order valence-corrected chi connectivity index (χ1v) is 21.2. The fourth-order valence-corrected chi connectivity index (χ4v) is 15.3. The van der Waals surface area contributed by atoms with Crippen LogP contribution in [-0.4, -0.2) is 0 Å². The minimum Gasteiger partial charge on any atom is -0.309 e. The molecule has 6 saturated carbocycles. The number of hydrogen-bond acceptors (Lipinski definition) is 2. The van der Waals surface area contributed by atoms with E-state index in [9.17, 15) is 0 Å². The molecule has 2 nitrogen and oxygen atoms in total. The summed E-state index contributed by atoms with van der Waals surface area (Å²) in [6, 6.07) is 43.5. The van der Waals surface area contributed by atoms with Gasteiger partial charge in [-0.05, 0) is 205 Å². The Hall–Kier alpha value is -4.01. The quantitative estimate of drug-likeness (QED) is 0.173. The molecule has 0 aromatic heterocycles. The molecule has 264 valence electrons. The summed E-state index contributed by atoms with van der Waals surface area (Å²) in [5, 5.41) is 0.782. The van der Waals surface area contributed by atoms with Crippen LogP contribution in [0.4, 0.5) is 34.1 Å². The Kier molecular flexibility index (Phi) is 6.07. The second-order valence-electron chi connectivity index (χ2n) is 18.9. The molecule has 2 spiro atoms. The van der Waals surface area contributed by atoms with Gasteiger partial charge in [0, 0.05) is 22.7 Å². The summed E-state index contributed by atoms with van der Waals surface area (Å²) in [5.74, 6) is 6.77. The van der Waals surface area contributed by atoms with E-state index in [2.05, 4.69) is 125 Å². The minimum absolute atomic E-state index is 0.654. The number of benzene rings is 5. The summed E-state index contributed by atoms with van der Waals surface area (Å²) >= 11 is 7.83. The van der Waals surface area contributed by atoms with Crippen molar-refractivity contribution < 1.29 is 0 Å². The van der Waals surface area contributed by atoms with E-state index in [1.54, 1.807) is 22.3 Å². The Morgan fingerprint density at radius 1 is 0.396 bits per heavy atom. The molecule has 10 unspecified atom stereocenters. The Balaban J connectivity index is 0.949. The maximum atomic E-state index is 7.83. The molecule has 0 aliphatic heterocycles. The average molecular weight is 711 g/mol. The van der Waals surface area contributed by atoms with Crippen LogP contribution in [-0.2, 0) is 0 Å². The first kappa shape index (κ1) is 30.3. The number of halogens is 1. The molecule has 0 heterocycles. The van der Waals surface area contributed by atoms with Crippen LogP contribution < -0.4 is 9.80 Å². The predicted molar refractivity (Wildman–Crippen MR) is 217 cm³/mol. The molecule has 8 aliphatic carbocycles. The van der Waals surface area contributed by atoms with Gasteiger partial charge in [-0.15, -0.1) is 0 Å². The van der Waals surface area contributed by atoms with Crippen LogP contribution in [0.25, 0.3) is 0 Å². The van der Waals surface area contributed by atoms with E-state index in [4.69, 9.17) is 11.6 Å². The molecule has 13 rings (SSSR count). The summed E-state index contributed by atoms with van der Waals surface area (Å²) in [4.78, 5) is 4.86. The number of para-hydroxylation sites is 2. The highest BCUT2D eigenvalue weighted by molar-refractivity contribution is 6.36. The van der Waals surface area contributed by atoms with Gasteiger partial charge in [-0.3, -0.25) is 0 Å². The zero-order chi connectivity index (χ0) is 34.6.